The van der Waals surface area contributed by atoms with Crippen molar-refractivity contribution in [3.05, 3.63) is 99.7 Å². The monoisotopic (exact) mass is 506 g/mol. The maximum absolute atomic E-state index is 13.4. The molecule has 0 aliphatic carbocycles. The molecule has 0 bridgehead atoms. The van der Waals surface area contributed by atoms with Gasteiger partial charge in [0.25, 0.3) is 0 Å². The van der Waals surface area contributed by atoms with Gasteiger partial charge in [0.15, 0.2) is 0 Å². The molecule has 5 rings (SSSR count). The summed E-state index contributed by atoms with van der Waals surface area (Å²) in [5, 5.41) is 2.01. The SMILES string of the molecule is Cc1ccc(S(=O)(=O)N2CCC(c3c(C)n(Cc4cccc(Cl)c4)c4ccccc34)CC2)c(C)c1. The number of para-hydroxylation sites is 1. The Hall–Kier alpha value is -2.60. The van der Waals surface area contributed by atoms with Gasteiger partial charge in [0.2, 0.25) is 10.0 Å². The van der Waals surface area contributed by atoms with Gasteiger partial charge in [-0.15, -0.1) is 0 Å². The highest BCUT2D eigenvalue weighted by Crippen LogP contribution is 2.39. The van der Waals surface area contributed by atoms with Crippen molar-refractivity contribution < 1.29 is 8.42 Å². The molecule has 1 aliphatic rings. The van der Waals surface area contributed by atoms with Crippen LogP contribution in [0.5, 0.6) is 0 Å². The Morgan fingerprint density at radius 3 is 2.37 bits per heavy atom. The fourth-order valence-corrected chi connectivity index (χ4v) is 7.50. The first-order valence-corrected chi connectivity index (χ1v) is 14.0. The normalized spacial score (nSPS) is 15.7. The molecule has 1 saturated heterocycles. The zero-order valence-corrected chi connectivity index (χ0v) is 22.0. The Morgan fingerprint density at radius 2 is 1.66 bits per heavy atom. The van der Waals surface area contributed by atoms with Crippen LogP contribution in [0.1, 0.15) is 46.7 Å². The van der Waals surface area contributed by atoms with Gasteiger partial charge in [-0.1, -0.05) is 59.6 Å². The summed E-state index contributed by atoms with van der Waals surface area (Å²) in [4.78, 5) is 0.427. The molecular formula is C29H31ClN2O2S. The van der Waals surface area contributed by atoms with Crippen molar-refractivity contribution in [3.8, 4) is 0 Å². The molecule has 0 atom stereocenters. The smallest absolute Gasteiger partial charge is 0.243 e. The number of rotatable bonds is 5. The molecule has 0 saturated carbocycles. The Morgan fingerprint density at radius 1 is 0.914 bits per heavy atom. The first-order valence-electron chi connectivity index (χ1n) is 12.2. The molecule has 0 N–H and O–H groups in total. The number of hydrogen-bond donors (Lipinski definition) is 0. The van der Waals surface area contributed by atoms with Gasteiger partial charge in [-0.3, -0.25) is 0 Å². The van der Waals surface area contributed by atoms with Gasteiger partial charge < -0.3 is 4.57 Å². The fourth-order valence-electron chi connectivity index (χ4n) is 5.61. The summed E-state index contributed by atoms with van der Waals surface area (Å²) in [6.07, 6.45) is 1.63. The average Bonchev–Trinajstić information content (AvgIpc) is 3.10. The number of aromatic nitrogens is 1. The minimum absolute atomic E-state index is 0.325. The van der Waals surface area contributed by atoms with Crippen LogP contribution in [0.25, 0.3) is 10.9 Å². The maximum atomic E-state index is 13.4. The molecule has 0 amide bonds. The van der Waals surface area contributed by atoms with Crippen molar-refractivity contribution in [2.24, 2.45) is 0 Å². The van der Waals surface area contributed by atoms with Crippen molar-refractivity contribution in [2.75, 3.05) is 13.1 Å². The number of benzene rings is 3. The third-order valence-electron chi connectivity index (χ3n) is 7.32. The predicted molar refractivity (Wildman–Crippen MR) is 144 cm³/mol. The number of sulfonamides is 1. The molecule has 6 heteroatoms. The summed E-state index contributed by atoms with van der Waals surface area (Å²) in [6.45, 7) is 7.89. The van der Waals surface area contributed by atoms with E-state index in [1.165, 1.54) is 27.7 Å². The molecule has 1 aliphatic heterocycles. The number of nitrogens with zero attached hydrogens (tertiary/aromatic N) is 2. The van der Waals surface area contributed by atoms with Crippen LogP contribution in [0.3, 0.4) is 0 Å². The summed E-state index contributed by atoms with van der Waals surface area (Å²) in [5.74, 6) is 0.325. The van der Waals surface area contributed by atoms with E-state index in [-0.39, 0.29) is 0 Å². The third-order valence-corrected chi connectivity index (χ3v) is 9.61. The summed E-state index contributed by atoms with van der Waals surface area (Å²) in [7, 11) is -3.49. The van der Waals surface area contributed by atoms with Gasteiger partial charge in [-0.25, -0.2) is 8.42 Å². The molecule has 0 spiro atoms. The maximum Gasteiger partial charge on any atom is 0.243 e. The lowest BCUT2D eigenvalue weighted by Gasteiger charge is -2.32. The first kappa shape index (κ1) is 24.1. The van der Waals surface area contributed by atoms with Crippen LogP contribution in [-0.2, 0) is 16.6 Å². The molecule has 0 radical (unpaired) electrons. The van der Waals surface area contributed by atoms with Gasteiger partial charge in [-0.2, -0.15) is 4.31 Å². The van der Waals surface area contributed by atoms with E-state index in [0.717, 1.165) is 35.5 Å². The van der Waals surface area contributed by atoms with Gasteiger partial charge in [0.1, 0.15) is 0 Å². The van der Waals surface area contributed by atoms with Crippen LogP contribution in [0.4, 0.5) is 0 Å². The van der Waals surface area contributed by atoms with Gasteiger partial charge in [0.05, 0.1) is 4.90 Å². The molecule has 182 valence electrons. The molecule has 4 aromatic rings. The van der Waals surface area contributed by atoms with Crippen LogP contribution in [-0.4, -0.2) is 30.4 Å². The Kier molecular flexibility index (Phi) is 6.51. The van der Waals surface area contributed by atoms with Crippen molar-refractivity contribution in [3.63, 3.8) is 0 Å². The summed E-state index contributed by atoms with van der Waals surface area (Å²) in [6, 6.07) is 22.1. The van der Waals surface area contributed by atoms with Crippen LogP contribution < -0.4 is 0 Å². The zero-order chi connectivity index (χ0) is 24.7. The highest BCUT2D eigenvalue weighted by atomic mass is 35.5. The third kappa shape index (κ3) is 4.53. The minimum atomic E-state index is -3.49. The second-order valence-corrected chi connectivity index (χ2v) is 12.0. The largest absolute Gasteiger partial charge is 0.340 e. The van der Waals surface area contributed by atoms with E-state index in [1.807, 2.05) is 44.2 Å². The number of halogens is 1. The topological polar surface area (TPSA) is 42.3 Å². The Bertz CT molecular complexity index is 1500. The number of piperidine rings is 1. The van der Waals surface area contributed by atoms with Gasteiger partial charge >= 0.3 is 0 Å². The van der Waals surface area contributed by atoms with E-state index in [2.05, 4.69) is 41.8 Å². The summed E-state index contributed by atoms with van der Waals surface area (Å²) in [5.41, 5.74) is 6.87. The highest BCUT2D eigenvalue weighted by Gasteiger charge is 2.32. The number of aryl methyl sites for hydroxylation is 2. The fraction of sp³-hybridized carbons (Fsp3) is 0.310. The Labute approximate surface area is 213 Å². The number of hydrogen-bond acceptors (Lipinski definition) is 2. The lowest BCUT2D eigenvalue weighted by Crippen LogP contribution is -2.38. The molecular weight excluding hydrogens is 476 g/mol. The summed E-state index contributed by atoms with van der Waals surface area (Å²) >= 11 is 6.25. The van der Waals surface area contributed by atoms with E-state index >= 15 is 0 Å². The van der Waals surface area contributed by atoms with Crippen molar-refractivity contribution in [1.82, 2.24) is 8.87 Å². The zero-order valence-electron chi connectivity index (χ0n) is 20.5. The minimum Gasteiger partial charge on any atom is -0.340 e. The van der Waals surface area contributed by atoms with Crippen molar-refractivity contribution >= 4 is 32.5 Å². The molecule has 4 nitrogen and oxygen atoms in total. The van der Waals surface area contributed by atoms with Crippen LogP contribution in [0.2, 0.25) is 5.02 Å². The van der Waals surface area contributed by atoms with Gasteiger partial charge in [-0.05, 0) is 80.5 Å². The average molecular weight is 507 g/mol. The first-order chi connectivity index (χ1) is 16.8. The summed E-state index contributed by atoms with van der Waals surface area (Å²) < 4.78 is 30.8. The van der Waals surface area contributed by atoms with Crippen LogP contribution in [0, 0.1) is 20.8 Å². The molecule has 1 fully saturated rings. The Balaban J connectivity index is 1.43. The molecule has 3 aromatic carbocycles. The molecule has 1 aromatic heterocycles. The molecule has 35 heavy (non-hydrogen) atoms. The van der Waals surface area contributed by atoms with Crippen LogP contribution >= 0.6 is 11.6 Å². The van der Waals surface area contributed by atoms with Crippen molar-refractivity contribution in [1.29, 1.82) is 0 Å². The van der Waals surface area contributed by atoms with E-state index in [1.54, 1.807) is 10.4 Å². The van der Waals surface area contributed by atoms with E-state index in [0.29, 0.717) is 23.9 Å². The quantitative estimate of drug-likeness (QED) is 0.297. The molecule has 0 unspecified atom stereocenters. The van der Waals surface area contributed by atoms with Crippen molar-refractivity contribution in [2.45, 2.75) is 51.0 Å². The van der Waals surface area contributed by atoms with E-state index < -0.39 is 10.0 Å². The second kappa shape index (κ2) is 9.45. The molecule has 2 heterocycles. The van der Waals surface area contributed by atoms with E-state index in [9.17, 15) is 8.42 Å². The standard InChI is InChI=1S/C29H31ClN2O2S/c1-20-11-12-28(21(2)17-20)35(33,34)31-15-13-24(14-16-31)29-22(3)32(27-10-5-4-9-26(27)29)19-23-7-6-8-25(30)18-23/h4-12,17-18,24H,13-16,19H2,1-3H3. The lowest BCUT2D eigenvalue weighted by atomic mass is 9.88. The lowest BCUT2D eigenvalue weighted by molar-refractivity contribution is 0.319. The highest BCUT2D eigenvalue weighted by molar-refractivity contribution is 7.89. The predicted octanol–water partition coefficient (Wildman–Crippen LogP) is 6.84. The second-order valence-electron chi connectivity index (χ2n) is 9.68. The van der Waals surface area contributed by atoms with Crippen LogP contribution in [0.15, 0.2) is 71.6 Å². The number of fused-ring (bicyclic) bond motifs is 1. The van der Waals surface area contributed by atoms with E-state index in [4.69, 9.17) is 11.6 Å². The van der Waals surface area contributed by atoms with Gasteiger partial charge in [0, 0.05) is 41.3 Å².